The Kier molecular flexibility index (Phi) is 2.29. The van der Waals surface area contributed by atoms with E-state index in [0.717, 1.165) is 0 Å². The summed E-state index contributed by atoms with van der Waals surface area (Å²) in [6.45, 7) is 1.65. The van der Waals surface area contributed by atoms with Gasteiger partial charge in [0.1, 0.15) is 0 Å². The van der Waals surface area contributed by atoms with Gasteiger partial charge in [-0.3, -0.25) is 0 Å². The fourth-order valence-electron chi connectivity index (χ4n) is 0.133. The van der Waals surface area contributed by atoms with Gasteiger partial charge in [-0.2, -0.15) is 0 Å². The van der Waals surface area contributed by atoms with E-state index in [9.17, 15) is 0 Å². The Morgan fingerprint density at radius 1 is 1.83 bits per heavy atom. The number of nitrogens with one attached hydrogen (secondary N) is 2. The fourth-order valence-corrected chi connectivity index (χ4v) is 0.133. The van der Waals surface area contributed by atoms with E-state index >= 15 is 0 Å². The van der Waals surface area contributed by atoms with Crippen molar-refractivity contribution in [3.63, 3.8) is 0 Å². The summed E-state index contributed by atoms with van der Waals surface area (Å²) in [6.07, 6.45) is 2.47. The van der Waals surface area contributed by atoms with E-state index in [-0.39, 0.29) is 0 Å². The third-order valence-electron chi connectivity index (χ3n) is 0.354. The molecule has 0 aliphatic heterocycles. The lowest BCUT2D eigenvalue weighted by Gasteiger charge is -1.78. The van der Waals surface area contributed by atoms with E-state index in [1.54, 1.807) is 6.92 Å². The van der Waals surface area contributed by atoms with Gasteiger partial charge in [0.25, 0.3) is 0 Å². The molecular formula is C4H7N2. The average Bonchev–Trinajstić information content (AvgIpc) is 1.35. The smallest absolute Gasteiger partial charge is 0.0581 e. The Balaban J connectivity index is 3.05. The van der Waals surface area contributed by atoms with Gasteiger partial charge in [0.05, 0.1) is 6.21 Å². The van der Waals surface area contributed by atoms with Gasteiger partial charge in [-0.1, -0.05) is 0 Å². The molecule has 0 atom stereocenters. The first-order valence-electron chi connectivity index (χ1n) is 1.71. The predicted molar refractivity (Wildman–Crippen MR) is 25.7 cm³/mol. The maximum absolute atomic E-state index is 6.71. The van der Waals surface area contributed by atoms with Crippen molar-refractivity contribution in [2.24, 2.45) is 0 Å². The summed E-state index contributed by atoms with van der Waals surface area (Å²) in [5.74, 6) is 0. The van der Waals surface area contributed by atoms with E-state index in [0.29, 0.717) is 12.1 Å². The van der Waals surface area contributed by atoms with Crippen molar-refractivity contribution < 1.29 is 0 Å². The van der Waals surface area contributed by atoms with E-state index in [1.165, 1.54) is 0 Å². The number of hydrogen-bond donors (Lipinski definition) is 2. The summed E-state index contributed by atoms with van der Waals surface area (Å²) in [7, 11) is 0. The Morgan fingerprint density at radius 3 is 2.33 bits per heavy atom. The second-order valence-electron chi connectivity index (χ2n) is 1.13. The van der Waals surface area contributed by atoms with Crippen LogP contribution in [0.3, 0.4) is 0 Å². The van der Waals surface area contributed by atoms with Crippen LogP contribution in [0.1, 0.15) is 13.3 Å². The normalized spacial score (nSPS) is 7.50. The number of rotatable bonds is 2. The van der Waals surface area contributed by atoms with Crippen molar-refractivity contribution in [2.45, 2.75) is 13.3 Å². The molecule has 2 nitrogen and oxygen atoms in total. The lowest BCUT2D eigenvalue weighted by molar-refractivity contribution is 1.38. The Labute approximate surface area is 37.2 Å². The van der Waals surface area contributed by atoms with Crippen LogP contribution in [0.2, 0.25) is 0 Å². The molecule has 0 fully saturated rings. The van der Waals surface area contributed by atoms with Crippen LogP contribution in [0.25, 0.3) is 0 Å². The highest BCUT2D eigenvalue weighted by atomic mass is 14.4. The highest BCUT2D eigenvalue weighted by Gasteiger charge is 1.77. The molecule has 0 amide bonds. The van der Waals surface area contributed by atoms with Gasteiger partial charge in [-0.15, -0.1) is 0 Å². The summed E-state index contributed by atoms with van der Waals surface area (Å²) in [4.78, 5) is 0. The predicted octanol–water partition coefficient (Wildman–Crippen LogP) is 0.943. The van der Waals surface area contributed by atoms with Crippen LogP contribution in [-0.2, 0) is 0 Å². The van der Waals surface area contributed by atoms with Crippen molar-refractivity contribution in [1.29, 1.82) is 10.8 Å². The molecule has 0 bridgehead atoms. The second kappa shape index (κ2) is 2.57. The van der Waals surface area contributed by atoms with Crippen molar-refractivity contribution in [3.8, 4) is 0 Å². The van der Waals surface area contributed by atoms with Crippen LogP contribution in [0, 0.1) is 10.8 Å². The maximum Gasteiger partial charge on any atom is 0.0581 e. The van der Waals surface area contributed by atoms with Gasteiger partial charge in [-0.05, 0) is 6.92 Å². The molecule has 2 N–H and O–H groups in total. The van der Waals surface area contributed by atoms with Crippen molar-refractivity contribution >= 4 is 11.9 Å². The monoisotopic (exact) mass is 83.1 g/mol. The third kappa shape index (κ3) is 3.34. The summed E-state index contributed by atoms with van der Waals surface area (Å²) >= 11 is 0. The van der Waals surface area contributed by atoms with E-state index < -0.39 is 0 Å². The molecule has 0 spiro atoms. The quantitative estimate of drug-likeness (QED) is 0.467. The summed E-state index contributed by atoms with van der Waals surface area (Å²) in [5.41, 5.74) is 0.491. The summed E-state index contributed by atoms with van der Waals surface area (Å²) in [6, 6.07) is 0. The minimum atomic E-state index is 0.375. The SMILES string of the molecule is CC(=N)C[C]=N. The van der Waals surface area contributed by atoms with E-state index in [2.05, 4.69) is 6.21 Å². The zero-order chi connectivity index (χ0) is 4.99. The minimum absolute atomic E-state index is 0.375. The molecule has 0 aliphatic rings. The highest BCUT2D eigenvalue weighted by Crippen LogP contribution is 1.71. The average molecular weight is 83.1 g/mol. The molecule has 33 valence electrons. The van der Waals surface area contributed by atoms with Crippen LogP contribution in [-0.4, -0.2) is 11.9 Å². The molecule has 1 radical (unpaired) electrons. The second-order valence-corrected chi connectivity index (χ2v) is 1.13. The van der Waals surface area contributed by atoms with Gasteiger partial charge in [-0.25, -0.2) is 0 Å². The van der Waals surface area contributed by atoms with Gasteiger partial charge in [0.15, 0.2) is 0 Å². The van der Waals surface area contributed by atoms with Crippen LogP contribution < -0.4 is 0 Å². The largest absolute Gasteiger partial charge is 0.310 e. The molecular weight excluding hydrogens is 76.1 g/mol. The molecule has 0 aromatic heterocycles. The van der Waals surface area contributed by atoms with E-state index in [4.69, 9.17) is 10.8 Å². The third-order valence-corrected chi connectivity index (χ3v) is 0.354. The van der Waals surface area contributed by atoms with Crippen LogP contribution in [0.4, 0.5) is 0 Å². The highest BCUT2D eigenvalue weighted by molar-refractivity contribution is 5.90. The van der Waals surface area contributed by atoms with Gasteiger partial charge >= 0.3 is 0 Å². The first-order valence-corrected chi connectivity index (χ1v) is 1.71. The molecule has 0 saturated carbocycles. The molecule has 0 unspecified atom stereocenters. The zero-order valence-corrected chi connectivity index (χ0v) is 3.71. The first-order chi connectivity index (χ1) is 2.77. The summed E-state index contributed by atoms with van der Waals surface area (Å²) < 4.78 is 0. The van der Waals surface area contributed by atoms with Crippen molar-refractivity contribution in [2.75, 3.05) is 0 Å². The molecule has 0 aliphatic carbocycles. The first kappa shape index (κ1) is 5.34. The number of hydrogen-bond acceptors (Lipinski definition) is 2. The Bertz CT molecular complexity index is 65.9. The van der Waals surface area contributed by atoms with Crippen LogP contribution >= 0.6 is 0 Å². The fraction of sp³-hybridized carbons (Fsp3) is 0.500. The standard InChI is InChI=1S/C4H7N2/c1-4(6)2-3-5/h5-6H,2H2,1H3. The molecule has 0 saturated heterocycles. The zero-order valence-electron chi connectivity index (χ0n) is 3.71. The minimum Gasteiger partial charge on any atom is -0.310 e. The molecule has 0 heterocycles. The lowest BCUT2D eigenvalue weighted by Crippen LogP contribution is -1.85. The molecule has 0 aromatic carbocycles. The summed E-state index contributed by atoms with van der Waals surface area (Å²) in [5, 5.41) is 13.1. The van der Waals surface area contributed by atoms with Gasteiger partial charge in [0, 0.05) is 12.1 Å². The maximum atomic E-state index is 6.71. The van der Waals surface area contributed by atoms with Gasteiger partial charge in [0.2, 0.25) is 0 Å². The van der Waals surface area contributed by atoms with Crippen molar-refractivity contribution in [3.05, 3.63) is 0 Å². The van der Waals surface area contributed by atoms with Gasteiger partial charge < -0.3 is 10.8 Å². The molecule has 6 heavy (non-hydrogen) atoms. The molecule has 0 rings (SSSR count). The molecule has 2 heteroatoms. The topological polar surface area (TPSA) is 47.7 Å². The molecule has 0 aromatic rings. The lowest BCUT2D eigenvalue weighted by atomic mass is 10.3. The Morgan fingerprint density at radius 2 is 2.33 bits per heavy atom. The van der Waals surface area contributed by atoms with E-state index in [1.807, 2.05) is 0 Å². The van der Waals surface area contributed by atoms with Crippen LogP contribution in [0.15, 0.2) is 0 Å². The van der Waals surface area contributed by atoms with Crippen molar-refractivity contribution in [1.82, 2.24) is 0 Å². The van der Waals surface area contributed by atoms with Crippen LogP contribution in [0.5, 0.6) is 0 Å². The Hall–Kier alpha value is -0.660.